The second-order valence-electron chi connectivity index (χ2n) is 9.61. The number of carboxylic acid groups (broad SMARTS) is 1. The fraction of sp³-hybridized carbons (Fsp3) is 0.276. The molecule has 184 valence electrons. The highest BCUT2D eigenvalue weighted by molar-refractivity contribution is 6.30. The number of carbonyl (C=O) groups is 2. The lowest BCUT2D eigenvalue weighted by Gasteiger charge is -2.45. The van der Waals surface area contributed by atoms with Gasteiger partial charge in [-0.2, -0.15) is 0 Å². The van der Waals surface area contributed by atoms with Gasteiger partial charge in [0.25, 0.3) is 0 Å². The summed E-state index contributed by atoms with van der Waals surface area (Å²) in [6.07, 6.45) is 8.05. The molecule has 0 atom stereocenters. The van der Waals surface area contributed by atoms with E-state index in [2.05, 4.69) is 21.7 Å². The van der Waals surface area contributed by atoms with Crippen molar-refractivity contribution in [3.05, 3.63) is 100 Å². The van der Waals surface area contributed by atoms with Gasteiger partial charge >= 0.3 is 5.97 Å². The molecule has 2 aliphatic rings. The molecule has 36 heavy (non-hydrogen) atoms. The molecule has 0 saturated heterocycles. The quantitative estimate of drug-likeness (QED) is 0.412. The number of nitrogens with one attached hydrogen (secondary N) is 2. The van der Waals surface area contributed by atoms with Crippen LogP contribution in [0, 0.1) is 0 Å². The summed E-state index contributed by atoms with van der Waals surface area (Å²) in [5, 5.41) is 17.1. The largest absolute Gasteiger partial charge is 0.480 e. The molecule has 5 rings (SSSR count). The summed E-state index contributed by atoms with van der Waals surface area (Å²) in [5.41, 5.74) is 3.01. The Balaban J connectivity index is 1.37. The van der Waals surface area contributed by atoms with E-state index in [4.69, 9.17) is 11.6 Å². The number of halogens is 1. The first kappa shape index (κ1) is 24.1. The van der Waals surface area contributed by atoms with Crippen molar-refractivity contribution < 1.29 is 14.7 Å². The van der Waals surface area contributed by atoms with Crippen molar-refractivity contribution in [2.24, 2.45) is 0 Å². The van der Waals surface area contributed by atoms with Gasteiger partial charge in [-0.05, 0) is 85.2 Å². The first-order valence-corrected chi connectivity index (χ1v) is 12.6. The number of hydrogen-bond donors (Lipinski definition) is 3. The van der Waals surface area contributed by atoms with Crippen LogP contribution in [0.15, 0.2) is 78.6 Å². The number of carboxylic acids is 1. The fourth-order valence-electron chi connectivity index (χ4n) is 5.62. The number of carbonyl (C=O) groups excluding carboxylic acids is 1. The number of aliphatic carboxylic acids is 1. The minimum absolute atomic E-state index is 0.0918. The molecular formula is C29H28ClN3O3. The van der Waals surface area contributed by atoms with Crippen LogP contribution in [-0.2, 0) is 21.4 Å². The van der Waals surface area contributed by atoms with Gasteiger partial charge in [-0.3, -0.25) is 9.78 Å². The zero-order valence-electron chi connectivity index (χ0n) is 19.8. The van der Waals surface area contributed by atoms with Gasteiger partial charge in [-0.15, -0.1) is 0 Å². The van der Waals surface area contributed by atoms with Crippen LogP contribution in [0.1, 0.15) is 42.4 Å². The molecule has 0 unspecified atom stereocenters. The van der Waals surface area contributed by atoms with Gasteiger partial charge in [-0.1, -0.05) is 41.9 Å². The highest BCUT2D eigenvalue weighted by atomic mass is 35.5. The van der Waals surface area contributed by atoms with Crippen LogP contribution in [0.4, 0.5) is 5.69 Å². The van der Waals surface area contributed by atoms with Crippen LogP contribution in [0.3, 0.4) is 0 Å². The number of fused-ring (bicyclic) bond motifs is 2. The number of benzene rings is 2. The van der Waals surface area contributed by atoms with Crippen molar-refractivity contribution in [3.8, 4) is 0 Å². The minimum Gasteiger partial charge on any atom is -0.480 e. The maximum absolute atomic E-state index is 13.5. The molecule has 1 heterocycles. The van der Waals surface area contributed by atoms with Crippen LogP contribution in [0.2, 0.25) is 5.02 Å². The Hall–Kier alpha value is -3.64. The molecule has 1 saturated carbocycles. The van der Waals surface area contributed by atoms with Crippen molar-refractivity contribution in [2.75, 3.05) is 11.9 Å². The van der Waals surface area contributed by atoms with E-state index in [1.165, 1.54) is 0 Å². The standard InChI is InChI=1S/C29H28ClN3O3/c30-22-5-3-6-23(19-22)33-29(27(35)36)13-11-28(12-14-29)24-7-2-1-4-21(24)18-25(28)26(34)32-17-10-20-8-15-31-16-9-20/h1-9,15-16,18-19,33H,10-14,17H2,(H,32,34)(H,35,36). The number of pyridine rings is 1. The van der Waals surface area contributed by atoms with Crippen molar-refractivity contribution in [3.63, 3.8) is 0 Å². The molecule has 1 fully saturated rings. The predicted molar refractivity (Wildman–Crippen MR) is 141 cm³/mol. The molecule has 6 nitrogen and oxygen atoms in total. The normalized spacial score (nSPS) is 22.5. The molecular weight excluding hydrogens is 474 g/mol. The number of amides is 1. The predicted octanol–water partition coefficient (Wildman–Crippen LogP) is 5.24. The van der Waals surface area contributed by atoms with E-state index >= 15 is 0 Å². The van der Waals surface area contributed by atoms with E-state index in [1.807, 2.05) is 42.5 Å². The smallest absolute Gasteiger partial charge is 0.329 e. The summed E-state index contributed by atoms with van der Waals surface area (Å²) in [4.78, 5) is 30.0. The Morgan fingerprint density at radius 1 is 0.972 bits per heavy atom. The molecule has 2 aliphatic carbocycles. The Morgan fingerprint density at radius 3 is 2.44 bits per heavy atom. The topological polar surface area (TPSA) is 91.3 Å². The van der Waals surface area contributed by atoms with E-state index in [-0.39, 0.29) is 5.91 Å². The van der Waals surface area contributed by atoms with Crippen LogP contribution < -0.4 is 10.6 Å². The van der Waals surface area contributed by atoms with E-state index in [1.54, 1.807) is 30.6 Å². The van der Waals surface area contributed by atoms with E-state index in [0.29, 0.717) is 49.4 Å². The van der Waals surface area contributed by atoms with Crippen molar-refractivity contribution in [1.29, 1.82) is 0 Å². The number of rotatable bonds is 7. The zero-order chi connectivity index (χ0) is 25.2. The molecule has 1 aromatic heterocycles. The van der Waals surface area contributed by atoms with Crippen molar-refractivity contribution in [1.82, 2.24) is 10.3 Å². The molecule has 0 bridgehead atoms. The lowest BCUT2D eigenvalue weighted by atomic mass is 9.62. The van der Waals surface area contributed by atoms with Gasteiger partial charge in [0.1, 0.15) is 5.54 Å². The number of aromatic nitrogens is 1. The first-order chi connectivity index (χ1) is 17.4. The van der Waals surface area contributed by atoms with Gasteiger partial charge in [0.05, 0.1) is 0 Å². The SMILES string of the molecule is O=C(NCCc1ccncc1)C1=Cc2ccccc2C12CCC(Nc1cccc(Cl)c1)(C(=O)O)CC2. The average Bonchev–Trinajstić information content (AvgIpc) is 3.20. The fourth-order valence-corrected chi connectivity index (χ4v) is 5.81. The van der Waals surface area contributed by atoms with Crippen LogP contribution in [0.25, 0.3) is 6.08 Å². The Labute approximate surface area is 215 Å². The molecule has 1 spiro atoms. The molecule has 0 radical (unpaired) electrons. The lowest BCUT2D eigenvalue weighted by Crippen LogP contribution is -2.53. The molecule has 0 aliphatic heterocycles. The van der Waals surface area contributed by atoms with Crippen LogP contribution in [0.5, 0.6) is 0 Å². The van der Waals surface area contributed by atoms with Crippen LogP contribution in [-0.4, -0.2) is 34.1 Å². The third-order valence-corrected chi connectivity index (χ3v) is 7.79. The van der Waals surface area contributed by atoms with Gasteiger partial charge < -0.3 is 15.7 Å². The minimum atomic E-state index is -1.13. The van der Waals surface area contributed by atoms with Crippen molar-refractivity contribution >= 4 is 35.2 Å². The summed E-state index contributed by atoms with van der Waals surface area (Å²) >= 11 is 6.13. The highest BCUT2D eigenvalue weighted by Crippen LogP contribution is 2.53. The number of nitrogens with zero attached hydrogens (tertiary/aromatic N) is 1. The average molecular weight is 502 g/mol. The van der Waals surface area contributed by atoms with Gasteiger partial charge in [0.15, 0.2) is 0 Å². The molecule has 3 aromatic rings. The van der Waals surface area contributed by atoms with Crippen molar-refractivity contribution in [2.45, 2.75) is 43.1 Å². The zero-order valence-corrected chi connectivity index (χ0v) is 20.6. The van der Waals surface area contributed by atoms with E-state index in [9.17, 15) is 14.7 Å². The Bertz CT molecular complexity index is 1310. The summed E-state index contributed by atoms with van der Waals surface area (Å²) in [6, 6.07) is 19.1. The monoisotopic (exact) mass is 501 g/mol. The van der Waals surface area contributed by atoms with E-state index < -0.39 is 16.9 Å². The second kappa shape index (κ2) is 9.78. The molecule has 7 heteroatoms. The number of hydrogen-bond acceptors (Lipinski definition) is 4. The maximum atomic E-state index is 13.5. The third-order valence-electron chi connectivity index (χ3n) is 7.56. The molecule has 1 amide bonds. The Kier molecular flexibility index (Phi) is 6.54. The van der Waals surface area contributed by atoms with Gasteiger partial charge in [0, 0.05) is 40.6 Å². The Morgan fingerprint density at radius 2 is 1.72 bits per heavy atom. The van der Waals surface area contributed by atoms with E-state index in [0.717, 1.165) is 22.3 Å². The molecule has 3 N–H and O–H groups in total. The van der Waals surface area contributed by atoms with Gasteiger partial charge in [0.2, 0.25) is 5.91 Å². The lowest BCUT2D eigenvalue weighted by molar-refractivity contribution is -0.143. The highest BCUT2D eigenvalue weighted by Gasteiger charge is 2.52. The summed E-state index contributed by atoms with van der Waals surface area (Å²) < 4.78 is 0. The second-order valence-corrected chi connectivity index (χ2v) is 10.0. The number of anilines is 1. The summed E-state index contributed by atoms with van der Waals surface area (Å²) in [5.74, 6) is -0.984. The van der Waals surface area contributed by atoms with Gasteiger partial charge in [-0.25, -0.2) is 4.79 Å². The first-order valence-electron chi connectivity index (χ1n) is 12.2. The summed E-state index contributed by atoms with van der Waals surface area (Å²) in [6.45, 7) is 0.516. The summed E-state index contributed by atoms with van der Waals surface area (Å²) in [7, 11) is 0. The maximum Gasteiger partial charge on any atom is 0.329 e. The van der Waals surface area contributed by atoms with Crippen LogP contribution >= 0.6 is 11.6 Å². The third kappa shape index (κ3) is 4.49. The molecule has 2 aromatic carbocycles.